The van der Waals surface area contributed by atoms with Crippen molar-refractivity contribution in [2.75, 3.05) is 5.32 Å². The minimum absolute atomic E-state index is 0.107. The second-order valence-electron chi connectivity index (χ2n) is 3.73. The Bertz CT molecular complexity index is 432. The number of carbonyl (C=O) groups excluding carboxylic acids is 1. The molecule has 86 valence electrons. The summed E-state index contributed by atoms with van der Waals surface area (Å²) in [7, 11) is 0. The van der Waals surface area contributed by atoms with Crippen molar-refractivity contribution in [1.29, 1.82) is 0 Å². The highest BCUT2D eigenvalue weighted by atomic mass is 32.1. The normalized spacial score (nSPS) is 10.9. The molecule has 0 bridgehead atoms. The lowest BCUT2D eigenvalue weighted by atomic mass is 10.1. The molecule has 0 spiro atoms. The van der Waals surface area contributed by atoms with Gasteiger partial charge < -0.3 is 16.8 Å². The fourth-order valence-corrected chi connectivity index (χ4v) is 1.12. The Morgan fingerprint density at radius 2 is 1.94 bits per heavy atom. The minimum atomic E-state index is -0.949. The molecule has 0 aliphatic carbocycles. The van der Waals surface area contributed by atoms with Crippen molar-refractivity contribution in [1.82, 2.24) is 9.97 Å². The Morgan fingerprint density at radius 3 is 2.44 bits per heavy atom. The average Bonchev–Trinajstić information content (AvgIpc) is 2.17. The van der Waals surface area contributed by atoms with Gasteiger partial charge in [-0.15, -0.1) is 0 Å². The van der Waals surface area contributed by atoms with Gasteiger partial charge in [0.2, 0.25) is 5.91 Å². The molecule has 0 radical (unpaired) electrons. The van der Waals surface area contributed by atoms with E-state index in [1.165, 1.54) is 12.4 Å². The van der Waals surface area contributed by atoms with Crippen molar-refractivity contribution in [3.05, 3.63) is 18.1 Å². The van der Waals surface area contributed by atoms with Crippen molar-refractivity contribution in [2.24, 2.45) is 11.5 Å². The van der Waals surface area contributed by atoms with Gasteiger partial charge in [-0.2, -0.15) is 0 Å². The third kappa shape index (κ3) is 2.63. The summed E-state index contributed by atoms with van der Waals surface area (Å²) in [6.45, 7) is 3.26. The predicted molar refractivity (Wildman–Crippen MR) is 64.8 cm³/mol. The maximum Gasteiger partial charge on any atom is 0.242 e. The van der Waals surface area contributed by atoms with Gasteiger partial charge in [-0.1, -0.05) is 12.2 Å². The molecule has 1 amide bonds. The maximum absolute atomic E-state index is 11.2. The number of primary amides is 1. The van der Waals surface area contributed by atoms with Crippen LogP contribution in [0.25, 0.3) is 0 Å². The topological polar surface area (TPSA) is 107 Å². The second-order valence-corrected chi connectivity index (χ2v) is 4.17. The smallest absolute Gasteiger partial charge is 0.242 e. The third-order valence-electron chi connectivity index (χ3n) is 1.98. The first-order chi connectivity index (χ1) is 7.34. The number of nitrogens with zero attached hydrogens (tertiary/aromatic N) is 2. The molecule has 1 heterocycles. The molecule has 0 aromatic carbocycles. The fraction of sp³-hybridized carbons (Fsp3) is 0.333. The highest BCUT2D eigenvalue weighted by Crippen LogP contribution is 2.15. The van der Waals surface area contributed by atoms with Crippen LogP contribution >= 0.6 is 12.2 Å². The summed E-state index contributed by atoms with van der Waals surface area (Å²) in [4.78, 5) is 19.3. The number of anilines is 1. The van der Waals surface area contributed by atoms with Gasteiger partial charge in [0.25, 0.3) is 0 Å². The molecule has 1 rings (SSSR count). The van der Waals surface area contributed by atoms with Gasteiger partial charge in [0.05, 0.1) is 0 Å². The van der Waals surface area contributed by atoms with Gasteiger partial charge >= 0.3 is 0 Å². The van der Waals surface area contributed by atoms with Crippen LogP contribution in [-0.4, -0.2) is 26.4 Å². The number of nitrogens with one attached hydrogen (secondary N) is 1. The number of nitrogens with two attached hydrogens (primary N) is 2. The van der Waals surface area contributed by atoms with Gasteiger partial charge in [-0.3, -0.25) is 4.79 Å². The van der Waals surface area contributed by atoms with Crippen molar-refractivity contribution < 1.29 is 4.79 Å². The molecular weight excluding hydrogens is 226 g/mol. The van der Waals surface area contributed by atoms with Gasteiger partial charge in [0, 0.05) is 12.4 Å². The lowest BCUT2D eigenvalue weighted by Crippen LogP contribution is -2.45. The zero-order chi connectivity index (χ0) is 12.3. The van der Waals surface area contributed by atoms with Crippen molar-refractivity contribution in [3.63, 3.8) is 0 Å². The van der Waals surface area contributed by atoms with E-state index < -0.39 is 11.4 Å². The molecule has 0 saturated carbocycles. The Kier molecular flexibility index (Phi) is 3.38. The Morgan fingerprint density at radius 1 is 1.38 bits per heavy atom. The first-order valence-electron chi connectivity index (χ1n) is 4.53. The van der Waals surface area contributed by atoms with E-state index in [0.29, 0.717) is 11.5 Å². The van der Waals surface area contributed by atoms with Gasteiger partial charge in [-0.05, 0) is 13.8 Å². The number of amides is 1. The first kappa shape index (κ1) is 12.3. The van der Waals surface area contributed by atoms with Crippen LogP contribution in [0.5, 0.6) is 0 Å². The number of carbonyl (C=O) groups is 1. The molecule has 0 atom stereocenters. The van der Waals surface area contributed by atoms with Crippen LogP contribution in [0.1, 0.15) is 19.5 Å². The van der Waals surface area contributed by atoms with Crippen LogP contribution in [0.4, 0.5) is 5.82 Å². The van der Waals surface area contributed by atoms with Gasteiger partial charge in [-0.25, -0.2) is 9.97 Å². The summed E-state index contributed by atoms with van der Waals surface area (Å²) >= 11 is 4.82. The van der Waals surface area contributed by atoms with Crippen LogP contribution in [-0.2, 0) is 4.79 Å². The van der Waals surface area contributed by atoms with Crippen LogP contribution < -0.4 is 16.8 Å². The molecule has 0 fully saturated rings. The molecule has 0 unspecified atom stereocenters. The zero-order valence-corrected chi connectivity index (χ0v) is 9.84. The predicted octanol–water partition coefficient (Wildman–Crippen LogP) is -0.213. The lowest BCUT2D eigenvalue weighted by molar-refractivity contribution is -0.121. The Labute approximate surface area is 98.4 Å². The van der Waals surface area contributed by atoms with Crippen LogP contribution in [0, 0.1) is 0 Å². The molecule has 0 aliphatic heterocycles. The summed E-state index contributed by atoms with van der Waals surface area (Å²) in [5.74, 6) is -0.161. The Hall–Kier alpha value is -1.76. The zero-order valence-electron chi connectivity index (χ0n) is 9.02. The van der Waals surface area contributed by atoms with E-state index in [1.807, 2.05) is 0 Å². The lowest BCUT2D eigenvalue weighted by Gasteiger charge is -2.23. The van der Waals surface area contributed by atoms with Crippen LogP contribution in [0.2, 0.25) is 0 Å². The van der Waals surface area contributed by atoms with E-state index in [1.54, 1.807) is 13.8 Å². The van der Waals surface area contributed by atoms with Crippen molar-refractivity contribution >= 4 is 28.9 Å². The quantitative estimate of drug-likeness (QED) is 0.627. The summed E-state index contributed by atoms with van der Waals surface area (Å²) in [5, 5.41) is 2.85. The number of thiocarbonyl (C=S) groups is 1. The summed E-state index contributed by atoms with van der Waals surface area (Å²) in [6.07, 6.45) is 2.94. The highest BCUT2D eigenvalue weighted by Gasteiger charge is 2.26. The fourth-order valence-electron chi connectivity index (χ4n) is 0.967. The van der Waals surface area contributed by atoms with Crippen molar-refractivity contribution in [3.8, 4) is 0 Å². The monoisotopic (exact) mass is 239 g/mol. The average molecular weight is 239 g/mol. The molecular formula is C9H13N5OS. The van der Waals surface area contributed by atoms with Gasteiger partial charge in [0.15, 0.2) is 5.82 Å². The number of hydrogen-bond donors (Lipinski definition) is 3. The number of aromatic nitrogens is 2. The molecule has 6 nitrogen and oxygen atoms in total. The van der Waals surface area contributed by atoms with Crippen LogP contribution in [0.3, 0.4) is 0 Å². The van der Waals surface area contributed by atoms with E-state index in [9.17, 15) is 4.79 Å². The second kappa shape index (κ2) is 4.40. The maximum atomic E-state index is 11.2. The standard InChI is InChI=1S/C9H13N5OS/c1-9(2,8(11)15)14-7-5(6(10)16)12-3-4-13-7/h3-4H,1-2H3,(H2,10,16)(H2,11,15)(H,13,14). The summed E-state index contributed by atoms with van der Waals surface area (Å²) < 4.78 is 0. The van der Waals surface area contributed by atoms with Crippen LogP contribution in [0.15, 0.2) is 12.4 Å². The highest BCUT2D eigenvalue weighted by molar-refractivity contribution is 7.80. The molecule has 1 aromatic rings. The number of rotatable bonds is 4. The summed E-state index contributed by atoms with van der Waals surface area (Å²) in [6, 6.07) is 0. The van der Waals surface area contributed by atoms with E-state index in [-0.39, 0.29) is 4.99 Å². The van der Waals surface area contributed by atoms with E-state index >= 15 is 0 Å². The molecule has 0 aliphatic rings. The van der Waals surface area contributed by atoms with E-state index in [0.717, 1.165) is 0 Å². The minimum Gasteiger partial charge on any atom is -0.388 e. The molecule has 5 N–H and O–H groups in total. The largest absolute Gasteiger partial charge is 0.388 e. The van der Waals surface area contributed by atoms with E-state index in [2.05, 4.69) is 15.3 Å². The molecule has 0 saturated heterocycles. The Balaban J connectivity index is 3.06. The molecule has 16 heavy (non-hydrogen) atoms. The van der Waals surface area contributed by atoms with Crippen molar-refractivity contribution in [2.45, 2.75) is 19.4 Å². The van der Waals surface area contributed by atoms with Gasteiger partial charge in [0.1, 0.15) is 16.2 Å². The SMILES string of the molecule is CC(C)(Nc1nccnc1C(N)=S)C(N)=O. The third-order valence-corrected chi connectivity index (χ3v) is 2.17. The number of hydrogen-bond acceptors (Lipinski definition) is 5. The molecule has 1 aromatic heterocycles. The van der Waals surface area contributed by atoms with E-state index in [4.69, 9.17) is 23.7 Å². The molecule has 7 heteroatoms. The first-order valence-corrected chi connectivity index (χ1v) is 4.94. The summed E-state index contributed by atoms with van der Waals surface area (Å²) in [5.41, 5.74) is 10.1.